The topological polar surface area (TPSA) is 78.3 Å². The second-order valence-corrected chi connectivity index (χ2v) is 9.19. The quantitative estimate of drug-likeness (QED) is 0.570. The molecule has 7 nitrogen and oxygen atoms in total. The highest BCUT2D eigenvalue weighted by Crippen LogP contribution is 2.38. The average molecular weight is 481 g/mol. The lowest BCUT2D eigenvalue weighted by atomic mass is 9.79. The smallest absolute Gasteiger partial charge is 0.399 e. The first kappa shape index (κ1) is 23.5. The number of aryl methyl sites for hydroxylation is 1. The number of rotatable bonds is 3. The van der Waals surface area contributed by atoms with E-state index in [1.807, 2.05) is 27.7 Å². The number of hydrogen-bond acceptors (Lipinski definition) is 6. The van der Waals surface area contributed by atoms with Crippen LogP contribution in [0.2, 0.25) is 5.02 Å². The van der Waals surface area contributed by atoms with Gasteiger partial charge in [-0.15, -0.1) is 0 Å². The molecule has 1 aromatic carbocycles. The maximum atomic E-state index is 13.5. The van der Waals surface area contributed by atoms with Crippen LogP contribution in [0.5, 0.6) is 0 Å². The molecule has 2 aromatic heterocycles. The van der Waals surface area contributed by atoms with Gasteiger partial charge in [0.15, 0.2) is 0 Å². The van der Waals surface area contributed by atoms with E-state index in [1.165, 1.54) is 13.2 Å². The third kappa shape index (κ3) is 4.09. The molecule has 0 atom stereocenters. The molecule has 33 heavy (non-hydrogen) atoms. The van der Waals surface area contributed by atoms with Crippen LogP contribution >= 0.6 is 11.6 Å². The van der Waals surface area contributed by atoms with Gasteiger partial charge in [0.2, 0.25) is 0 Å². The molecule has 0 aliphatic carbocycles. The van der Waals surface area contributed by atoms with Crippen LogP contribution in [-0.4, -0.2) is 33.1 Å². The van der Waals surface area contributed by atoms with E-state index in [1.54, 1.807) is 18.2 Å². The van der Waals surface area contributed by atoms with E-state index in [-0.39, 0.29) is 27.3 Å². The summed E-state index contributed by atoms with van der Waals surface area (Å²) < 4.78 is 53.5. The highest BCUT2D eigenvalue weighted by Gasteiger charge is 2.52. The molecule has 1 aliphatic rings. The van der Waals surface area contributed by atoms with E-state index in [0.717, 1.165) is 10.7 Å². The van der Waals surface area contributed by atoms with E-state index < -0.39 is 35.7 Å². The van der Waals surface area contributed by atoms with Crippen LogP contribution in [0.4, 0.5) is 24.7 Å². The number of aromatic nitrogens is 3. The largest absolute Gasteiger partial charge is 0.496 e. The van der Waals surface area contributed by atoms with Gasteiger partial charge in [-0.2, -0.15) is 18.3 Å². The Bertz CT molecular complexity index is 1290. The predicted molar refractivity (Wildman–Crippen MR) is 120 cm³/mol. The van der Waals surface area contributed by atoms with Gasteiger partial charge in [-0.05, 0) is 39.8 Å². The molecule has 0 unspecified atom stereocenters. The van der Waals surface area contributed by atoms with Gasteiger partial charge in [0.1, 0.15) is 11.5 Å². The summed E-state index contributed by atoms with van der Waals surface area (Å²) in [6, 6.07) is 5.72. The summed E-state index contributed by atoms with van der Waals surface area (Å²) in [6.07, 6.45) is -3.54. The van der Waals surface area contributed by atoms with Crippen molar-refractivity contribution in [2.45, 2.75) is 45.1 Å². The van der Waals surface area contributed by atoms with Gasteiger partial charge >= 0.3 is 13.3 Å². The normalized spacial score (nSPS) is 17.5. The minimum absolute atomic E-state index is 0.00107. The highest BCUT2D eigenvalue weighted by atomic mass is 35.5. The zero-order valence-electron chi connectivity index (χ0n) is 18.5. The Kier molecular flexibility index (Phi) is 5.50. The average Bonchev–Trinajstić information content (AvgIpc) is 2.92. The summed E-state index contributed by atoms with van der Waals surface area (Å²) >= 11 is 6.61. The van der Waals surface area contributed by atoms with Gasteiger partial charge in [0.05, 0.1) is 33.5 Å². The summed E-state index contributed by atoms with van der Waals surface area (Å²) in [7, 11) is 0.613. The first-order valence-corrected chi connectivity index (χ1v) is 10.4. The first-order valence-electron chi connectivity index (χ1n) is 10.1. The summed E-state index contributed by atoms with van der Waals surface area (Å²) in [5.41, 5.74) is -2.24. The molecule has 174 valence electrons. The van der Waals surface area contributed by atoms with Crippen molar-refractivity contribution in [3.63, 3.8) is 0 Å². The van der Waals surface area contributed by atoms with Gasteiger partial charge in [0.25, 0.3) is 5.56 Å². The van der Waals surface area contributed by atoms with Gasteiger partial charge in [-0.25, -0.2) is 9.67 Å². The zero-order chi connectivity index (χ0) is 24.3. The lowest BCUT2D eigenvalue weighted by Crippen LogP contribution is -2.41. The fourth-order valence-electron chi connectivity index (χ4n) is 3.42. The SMILES string of the molecule is Cn1ncc2cc(C(F)(F)F)nc(Nc3cccc(B4OC(C)(C)C(C)(C)O4)c3Cl)c2c1=O. The lowest BCUT2D eigenvalue weighted by Gasteiger charge is -2.32. The third-order valence-corrected chi connectivity index (χ3v) is 6.43. The molecule has 3 aromatic rings. The van der Waals surface area contributed by atoms with Crippen LogP contribution in [-0.2, 0) is 22.5 Å². The molecule has 1 N–H and O–H groups in total. The van der Waals surface area contributed by atoms with E-state index in [0.29, 0.717) is 5.46 Å². The summed E-state index contributed by atoms with van der Waals surface area (Å²) in [5, 5.41) is 6.75. The van der Waals surface area contributed by atoms with Crippen molar-refractivity contribution in [1.29, 1.82) is 0 Å². The maximum Gasteiger partial charge on any atom is 0.496 e. The second-order valence-electron chi connectivity index (χ2n) is 8.81. The van der Waals surface area contributed by atoms with E-state index >= 15 is 0 Å². The Balaban J connectivity index is 1.82. The second kappa shape index (κ2) is 7.71. The minimum atomic E-state index is -4.72. The number of nitrogens with one attached hydrogen (secondary N) is 1. The summed E-state index contributed by atoms with van der Waals surface area (Å²) in [5.74, 6) is -0.282. The molecule has 1 saturated heterocycles. The number of nitrogens with zero attached hydrogens (tertiary/aromatic N) is 3. The molecular weight excluding hydrogens is 460 g/mol. The number of hydrogen-bond donors (Lipinski definition) is 1. The minimum Gasteiger partial charge on any atom is -0.399 e. The van der Waals surface area contributed by atoms with E-state index in [9.17, 15) is 18.0 Å². The summed E-state index contributed by atoms with van der Waals surface area (Å²) in [6.45, 7) is 7.58. The molecule has 0 spiro atoms. The first-order chi connectivity index (χ1) is 15.2. The molecule has 3 heterocycles. The number of pyridine rings is 1. The molecule has 4 rings (SSSR count). The van der Waals surface area contributed by atoms with Crippen LogP contribution in [0.25, 0.3) is 10.8 Å². The van der Waals surface area contributed by atoms with Crippen LogP contribution in [0.3, 0.4) is 0 Å². The van der Waals surface area contributed by atoms with Crippen molar-refractivity contribution in [3.05, 3.63) is 51.5 Å². The zero-order valence-corrected chi connectivity index (χ0v) is 19.3. The number of alkyl halides is 3. The molecule has 12 heteroatoms. The van der Waals surface area contributed by atoms with Crippen molar-refractivity contribution < 1.29 is 22.5 Å². The molecule has 1 aliphatic heterocycles. The van der Waals surface area contributed by atoms with Crippen molar-refractivity contribution in [2.24, 2.45) is 7.05 Å². The number of anilines is 2. The standard InChI is InChI=1S/C21H21BClF3N4O3/c1-19(2)20(3,4)33-22(32-19)12-7-6-8-13(16(12)23)28-17-15-11(10-27-30(5)18(15)31)9-14(29-17)21(24,25)26/h6-10H,1-5H3,(H,28,29). The Morgan fingerprint density at radius 2 is 1.79 bits per heavy atom. The number of benzene rings is 1. The van der Waals surface area contributed by atoms with E-state index in [4.69, 9.17) is 20.9 Å². The third-order valence-electron chi connectivity index (χ3n) is 6.01. The molecule has 0 bridgehead atoms. The number of halogens is 4. The fraction of sp³-hybridized carbons (Fsp3) is 0.381. The molecule has 0 amide bonds. The van der Waals surface area contributed by atoms with Crippen LogP contribution in [0, 0.1) is 0 Å². The molecule has 1 fully saturated rings. The maximum absolute atomic E-state index is 13.5. The summed E-state index contributed by atoms with van der Waals surface area (Å²) in [4.78, 5) is 16.4. The molecular formula is C21H21BClF3N4O3. The Labute approximate surface area is 193 Å². The monoisotopic (exact) mass is 480 g/mol. The fourth-order valence-corrected chi connectivity index (χ4v) is 3.68. The van der Waals surface area contributed by atoms with Crippen LogP contribution in [0.1, 0.15) is 33.4 Å². The number of fused-ring (bicyclic) bond motifs is 1. The van der Waals surface area contributed by atoms with E-state index in [2.05, 4.69) is 15.4 Å². The highest BCUT2D eigenvalue weighted by molar-refractivity contribution is 6.66. The van der Waals surface area contributed by atoms with Gasteiger partial charge in [-0.3, -0.25) is 4.79 Å². The van der Waals surface area contributed by atoms with Crippen LogP contribution < -0.4 is 16.3 Å². The lowest BCUT2D eigenvalue weighted by molar-refractivity contribution is -0.140. The molecule has 0 saturated carbocycles. The van der Waals surface area contributed by atoms with Crippen molar-refractivity contribution in [1.82, 2.24) is 14.8 Å². The van der Waals surface area contributed by atoms with Gasteiger partial charge in [-0.1, -0.05) is 23.7 Å². The molecule has 0 radical (unpaired) electrons. The van der Waals surface area contributed by atoms with Crippen molar-refractivity contribution >= 4 is 46.5 Å². The predicted octanol–water partition coefficient (Wildman–Crippen LogP) is 4.04. The van der Waals surface area contributed by atoms with Gasteiger partial charge < -0.3 is 14.6 Å². The Hall–Kier alpha value is -2.63. The van der Waals surface area contributed by atoms with Crippen molar-refractivity contribution in [3.8, 4) is 0 Å². The van der Waals surface area contributed by atoms with Gasteiger partial charge in [0, 0.05) is 17.9 Å². The van der Waals surface area contributed by atoms with Crippen LogP contribution in [0.15, 0.2) is 35.3 Å². The Morgan fingerprint density at radius 1 is 1.15 bits per heavy atom. The van der Waals surface area contributed by atoms with Crippen molar-refractivity contribution in [2.75, 3.05) is 5.32 Å². The Morgan fingerprint density at radius 3 is 2.39 bits per heavy atom.